The highest BCUT2D eigenvalue weighted by Crippen LogP contribution is 2.41. The van der Waals surface area contributed by atoms with Gasteiger partial charge in [-0.1, -0.05) is 67.6 Å². The van der Waals surface area contributed by atoms with Gasteiger partial charge in [0.05, 0.1) is 0 Å². The predicted octanol–water partition coefficient (Wildman–Crippen LogP) is 4.01. The van der Waals surface area contributed by atoms with E-state index in [0.29, 0.717) is 12.2 Å². The Balaban J connectivity index is 1.98. The van der Waals surface area contributed by atoms with Crippen molar-refractivity contribution in [1.29, 1.82) is 0 Å². The minimum atomic E-state index is 0.0392. The van der Waals surface area contributed by atoms with Gasteiger partial charge in [0.1, 0.15) is 5.78 Å². The molecule has 108 valence electrons. The number of rotatable bonds is 2. The largest absolute Gasteiger partial charge is 0.299 e. The Morgan fingerprint density at radius 2 is 1.43 bits per heavy atom. The quantitative estimate of drug-likeness (QED) is 0.828. The topological polar surface area (TPSA) is 20.3 Å². The molecule has 0 N–H and O–H groups in total. The van der Waals surface area contributed by atoms with E-state index in [-0.39, 0.29) is 18.0 Å². The summed E-state index contributed by atoms with van der Waals surface area (Å²) < 4.78 is 0. The molecular formula is C19H21NO. The molecule has 1 aliphatic heterocycles. The second-order valence-corrected chi connectivity index (χ2v) is 5.91. The van der Waals surface area contributed by atoms with Crippen molar-refractivity contribution in [2.45, 2.75) is 25.4 Å². The number of ketones is 1. The Kier molecular flexibility index (Phi) is 3.89. The first-order valence-corrected chi connectivity index (χ1v) is 7.53. The lowest BCUT2D eigenvalue weighted by Crippen LogP contribution is -2.42. The van der Waals surface area contributed by atoms with E-state index in [1.54, 1.807) is 0 Å². The van der Waals surface area contributed by atoms with E-state index in [1.165, 1.54) is 11.1 Å². The van der Waals surface area contributed by atoms with Crippen molar-refractivity contribution in [3.8, 4) is 0 Å². The normalized spacial score (nSPS) is 26.8. The average Bonchev–Trinajstić information content (AvgIpc) is 2.53. The van der Waals surface area contributed by atoms with Crippen molar-refractivity contribution < 1.29 is 4.79 Å². The molecule has 0 aliphatic carbocycles. The van der Waals surface area contributed by atoms with Crippen LogP contribution in [-0.2, 0) is 4.79 Å². The number of likely N-dealkylation sites (tertiary alicyclic amines) is 1. The van der Waals surface area contributed by atoms with Gasteiger partial charge in [0, 0.05) is 24.4 Å². The molecule has 0 radical (unpaired) electrons. The number of benzene rings is 2. The molecule has 1 fully saturated rings. The fourth-order valence-electron chi connectivity index (χ4n) is 3.45. The van der Waals surface area contributed by atoms with Crippen LogP contribution in [0.15, 0.2) is 60.7 Å². The Morgan fingerprint density at radius 3 is 2.00 bits per heavy atom. The molecule has 1 heterocycles. The summed E-state index contributed by atoms with van der Waals surface area (Å²) >= 11 is 0. The van der Waals surface area contributed by atoms with Crippen molar-refractivity contribution >= 4 is 5.78 Å². The van der Waals surface area contributed by atoms with E-state index in [9.17, 15) is 4.79 Å². The molecule has 3 atom stereocenters. The molecule has 0 saturated carbocycles. The third kappa shape index (κ3) is 2.64. The summed E-state index contributed by atoms with van der Waals surface area (Å²) in [6.45, 7) is 2.05. The third-order valence-corrected chi connectivity index (χ3v) is 4.63. The van der Waals surface area contributed by atoms with Gasteiger partial charge in [0.15, 0.2) is 0 Å². The van der Waals surface area contributed by atoms with Crippen LogP contribution in [0.2, 0.25) is 0 Å². The van der Waals surface area contributed by atoms with E-state index in [4.69, 9.17) is 0 Å². The van der Waals surface area contributed by atoms with Crippen LogP contribution >= 0.6 is 0 Å². The summed E-state index contributed by atoms with van der Waals surface area (Å²) in [5, 5.41) is 0. The molecule has 3 rings (SSSR count). The smallest absolute Gasteiger partial charge is 0.139 e. The minimum Gasteiger partial charge on any atom is -0.299 e. The van der Waals surface area contributed by atoms with Crippen LogP contribution in [-0.4, -0.2) is 17.7 Å². The second-order valence-electron chi connectivity index (χ2n) is 5.91. The van der Waals surface area contributed by atoms with Crippen LogP contribution in [0.25, 0.3) is 0 Å². The Labute approximate surface area is 126 Å². The van der Waals surface area contributed by atoms with Gasteiger partial charge in [-0.15, -0.1) is 0 Å². The van der Waals surface area contributed by atoms with Gasteiger partial charge in [0.2, 0.25) is 0 Å². The molecule has 1 aliphatic rings. The van der Waals surface area contributed by atoms with Crippen molar-refractivity contribution in [3.63, 3.8) is 0 Å². The average molecular weight is 279 g/mol. The molecule has 2 aromatic rings. The van der Waals surface area contributed by atoms with Crippen LogP contribution in [0.4, 0.5) is 0 Å². The van der Waals surface area contributed by atoms with Crippen molar-refractivity contribution in [1.82, 2.24) is 4.90 Å². The van der Waals surface area contributed by atoms with Crippen LogP contribution in [0, 0.1) is 5.92 Å². The number of nitrogens with zero attached hydrogens (tertiary/aromatic N) is 1. The summed E-state index contributed by atoms with van der Waals surface area (Å²) in [5.74, 6) is 0.396. The molecule has 0 unspecified atom stereocenters. The lowest BCUT2D eigenvalue weighted by Gasteiger charge is -2.43. The van der Waals surface area contributed by atoms with Gasteiger partial charge in [-0.3, -0.25) is 9.69 Å². The Bertz CT molecular complexity index is 608. The second kappa shape index (κ2) is 5.82. The summed E-state index contributed by atoms with van der Waals surface area (Å²) in [6, 6.07) is 21.0. The minimum absolute atomic E-state index is 0.0392. The number of piperidine rings is 1. The van der Waals surface area contributed by atoms with E-state index >= 15 is 0 Å². The molecule has 2 aromatic carbocycles. The highest BCUT2D eigenvalue weighted by molar-refractivity contribution is 5.83. The summed E-state index contributed by atoms with van der Waals surface area (Å²) in [6.07, 6.45) is 0.602. The monoisotopic (exact) mass is 279 g/mol. The third-order valence-electron chi connectivity index (χ3n) is 4.63. The zero-order valence-corrected chi connectivity index (χ0v) is 12.6. The molecule has 21 heavy (non-hydrogen) atoms. The lowest BCUT2D eigenvalue weighted by atomic mass is 9.80. The molecule has 0 spiro atoms. The Morgan fingerprint density at radius 1 is 0.905 bits per heavy atom. The lowest BCUT2D eigenvalue weighted by molar-refractivity contribution is -0.130. The highest BCUT2D eigenvalue weighted by Gasteiger charge is 2.39. The predicted molar refractivity (Wildman–Crippen MR) is 84.9 cm³/mol. The molecule has 0 aromatic heterocycles. The van der Waals surface area contributed by atoms with Gasteiger partial charge in [0.25, 0.3) is 0 Å². The number of Topliss-reactive ketones (excluding diaryl/α,β-unsaturated/α-hetero) is 1. The van der Waals surface area contributed by atoms with E-state index < -0.39 is 0 Å². The standard InChI is InChI=1S/C19H21NO/c1-14-18(21)13-17(15-9-5-3-6-10-15)20(2)19(14)16-11-7-4-8-12-16/h3-12,14,17,19H,13H2,1-2H3/t14-,17-,19+/m0/s1. The van der Waals surface area contributed by atoms with Crippen LogP contribution in [0.5, 0.6) is 0 Å². The van der Waals surface area contributed by atoms with E-state index in [2.05, 4.69) is 43.1 Å². The number of hydrogen-bond donors (Lipinski definition) is 0. The van der Waals surface area contributed by atoms with Gasteiger partial charge < -0.3 is 0 Å². The first kappa shape index (κ1) is 14.0. The molecular weight excluding hydrogens is 258 g/mol. The fraction of sp³-hybridized carbons (Fsp3) is 0.316. The van der Waals surface area contributed by atoms with Gasteiger partial charge in [-0.2, -0.15) is 0 Å². The van der Waals surface area contributed by atoms with Crippen LogP contribution in [0.1, 0.15) is 36.6 Å². The van der Waals surface area contributed by atoms with Crippen molar-refractivity contribution in [3.05, 3.63) is 71.8 Å². The highest BCUT2D eigenvalue weighted by atomic mass is 16.1. The maximum atomic E-state index is 12.5. The van der Waals surface area contributed by atoms with Crippen molar-refractivity contribution in [2.75, 3.05) is 7.05 Å². The van der Waals surface area contributed by atoms with E-state index in [0.717, 1.165) is 0 Å². The number of carbonyl (C=O) groups is 1. The number of carbonyl (C=O) groups excluding carboxylic acids is 1. The van der Waals surface area contributed by atoms with Gasteiger partial charge >= 0.3 is 0 Å². The molecule has 2 heteroatoms. The SMILES string of the molecule is C[C@H]1C(=O)C[C@@H](c2ccccc2)N(C)[C@H]1c1ccccc1. The van der Waals surface area contributed by atoms with Crippen LogP contribution in [0.3, 0.4) is 0 Å². The zero-order chi connectivity index (χ0) is 14.8. The maximum absolute atomic E-state index is 12.5. The maximum Gasteiger partial charge on any atom is 0.139 e. The first-order valence-electron chi connectivity index (χ1n) is 7.53. The molecule has 2 nitrogen and oxygen atoms in total. The van der Waals surface area contributed by atoms with Crippen LogP contribution < -0.4 is 0 Å². The zero-order valence-electron chi connectivity index (χ0n) is 12.6. The summed E-state index contributed by atoms with van der Waals surface area (Å²) in [5.41, 5.74) is 2.45. The fourth-order valence-corrected chi connectivity index (χ4v) is 3.45. The molecule has 1 saturated heterocycles. The summed E-state index contributed by atoms with van der Waals surface area (Å²) in [4.78, 5) is 14.8. The molecule has 0 bridgehead atoms. The molecule has 0 amide bonds. The summed E-state index contributed by atoms with van der Waals surface area (Å²) in [7, 11) is 2.14. The van der Waals surface area contributed by atoms with Gasteiger partial charge in [-0.25, -0.2) is 0 Å². The first-order chi connectivity index (χ1) is 10.2. The van der Waals surface area contributed by atoms with E-state index in [1.807, 2.05) is 36.4 Å². The Hall–Kier alpha value is -1.93. The van der Waals surface area contributed by atoms with Crippen molar-refractivity contribution in [2.24, 2.45) is 5.92 Å². The number of hydrogen-bond acceptors (Lipinski definition) is 2. The van der Waals surface area contributed by atoms with Gasteiger partial charge in [-0.05, 0) is 18.2 Å².